The van der Waals surface area contributed by atoms with Crippen LogP contribution < -0.4 is 5.32 Å². The molecule has 3 aromatic rings. The molecular weight excluding hydrogens is 320 g/mol. The Bertz CT molecular complexity index is 939. The Morgan fingerprint density at radius 3 is 2.52 bits per heavy atom. The third kappa shape index (κ3) is 3.74. The van der Waals surface area contributed by atoms with Crippen molar-refractivity contribution in [3.05, 3.63) is 71.5 Å². The molecule has 6 heteroatoms. The maximum atomic E-state index is 11.9. The van der Waals surface area contributed by atoms with Crippen molar-refractivity contribution in [2.75, 3.05) is 6.54 Å². The largest absolute Gasteiger partial charge is 0.505 e. The molecule has 1 amide bonds. The van der Waals surface area contributed by atoms with Crippen molar-refractivity contribution in [2.45, 2.75) is 6.42 Å². The van der Waals surface area contributed by atoms with Gasteiger partial charge in [0.25, 0.3) is 5.91 Å². The highest BCUT2D eigenvalue weighted by Crippen LogP contribution is 2.28. The van der Waals surface area contributed by atoms with Crippen LogP contribution in [0.1, 0.15) is 21.6 Å². The second kappa shape index (κ2) is 7.00. The van der Waals surface area contributed by atoms with Gasteiger partial charge in [0, 0.05) is 17.0 Å². The lowest BCUT2D eigenvalue weighted by molar-refractivity contribution is -0.135. The summed E-state index contributed by atoms with van der Waals surface area (Å²) in [5.41, 5.74) is 2.04. The number of aromatic nitrogens is 1. The fourth-order valence-corrected chi connectivity index (χ4v) is 2.60. The fourth-order valence-electron chi connectivity index (χ4n) is 2.60. The first-order chi connectivity index (χ1) is 12.0. The van der Waals surface area contributed by atoms with Crippen molar-refractivity contribution in [3.8, 4) is 5.75 Å². The number of benzene rings is 2. The van der Waals surface area contributed by atoms with Crippen LogP contribution in [0.15, 0.2) is 54.7 Å². The van der Waals surface area contributed by atoms with E-state index in [1.54, 1.807) is 6.07 Å². The van der Waals surface area contributed by atoms with Crippen molar-refractivity contribution in [1.29, 1.82) is 0 Å². The Morgan fingerprint density at radius 1 is 1.04 bits per heavy atom. The van der Waals surface area contributed by atoms with Crippen LogP contribution in [0.25, 0.3) is 10.8 Å². The average molecular weight is 336 g/mol. The molecule has 1 aromatic heterocycles. The molecule has 6 nitrogen and oxygen atoms in total. The minimum absolute atomic E-state index is 0.190. The van der Waals surface area contributed by atoms with Gasteiger partial charge in [-0.1, -0.05) is 42.5 Å². The number of hydrogen-bond acceptors (Lipinski definition) is 4. The molecule has 0 bridgehead atoms. The summed E-state index contributed by atoms with van der Waals surface area (Å²) in [5.74, 6) is -2.15. The highest BCUT2D eigenvalue weighted by Gasteiger charge is 2.16. The Kier molecular flexibility index (Phi) is 4.61. The first kappa shape index (κ1) is 16.4. The summed E-state index contributed by atoms with van der Waals surface area (Å²) < 4.78 is 0. The number of fused-ring (bicyclic) bond motifs is 1. The minimum atomic E-state index is -1.17. The van der Waals surface area contributed by atoms with Crippen LogP contribution in [-0.4, -0.2) is 33.6 Å². The molecule has 0 unspecified atom stereocenters. The zero-order valence-corrected chi connectivity index (χ0v) is 13.3. The van der Waals surface area contributed by atoms with Crippen molar-refractivity contribution in [1.82, 2.24) is 10.3 Å². The first-order valence-electron chi connectivity index (χ1n) is 7.69. The number of aromatic hydroxyl groups is 1. The monoisotopic (exact) mass is 336 g/mol. The van der Waals surface area contributed by atoms with Crippen molar-refractivity contribution >= 4 is 22.6 Å². The molecule has 0 aliphatic carbocycles. The molecule has 0 aliphatic rings. The summed E-state index contributed by atoms with van der Waals surface area (Å²) in [5, 5.41) is 22.3. The Labute approximate surface area is 143 Å². The van der Waals surface area contributed by atoms with Crippen LogP contribution in [0, 0.1) is 0 Å². The van der Waals surface area contributed by atoms with E-state index < -0.39 is 18.4 Å². The predicted molar refractivity (Wildman–Crippen MR) is 92.6 cm³/mol. The topological polar surface area (TPSA) is 99.5 Å². The summed E-state index contributed by atoms with van der Waals surface area (Å²) in [6.45, 7) is -0.534. The Morgan fingerprint density at radius 2 is 1.80 bits per heavy atom. The van der Waals surface area contributed by atoms with E-state index in [0.29, 0.717) is 10.8 Å². The number of carbonyl (C=O) groups excluding carboxylic acids is 1. The lowest BCUT2D eigenvalue weighted by Gasteiger charge is -2.09. The fraction of sp³-hybridized carbons (Fsp3) is 0.105. The average Bonchev–Trinajstić information content (AvgIpc) is 2.61. The van der Waals surface area contributed by atoms with E-state index in [2.05, 4.69) is 10.3 Å². The number of carboxylic acids is 1. The molecule has 0 fully saturated rings. The van der Waals surface area contributed by atoms with Crippen molar-refractivity contribution in [3.63, 3.8) is 0 Å². The van der Waals surface area contributed by atoms with Gasteiger partial charge in [0.05, 0.1) is 0 Å². The van der Waals surface area contributed by atoms with Crippen LogP contribution in [0.4, 0.5) is 0 Å². The van der Waals surface area contributed by atoms with Gasteiger partial charge in [-0.2, -0.15) is 0 Å². The molecule has 0 saturated heterocycles. The highest BCUT2D eigenvalue weighted by molar-refractivity contribution is 6.02. The molecule has 0 aliphatic heterocycles. The molecule has 25 heavy (non-hydrogen) atoms. The smallest absolute Gasteiger partial charge is 0.322 e. The van der Waals surface area contributed by atoms with E-state index >= 15 is 0 Å². The third-order valence-corrected chi connectivity index (χ3v) is 3.79. The summed E-state index contributed by atoms with van der Waals surface area (Å²) in [7, 11) is 0. The molecule has 0 radical (unpaired) electrons. The SMILES string of the molecule is O=C(O)CNC(=O)c1ncc2cc(Cc3ccccc3)ccc2c1O. The molecule has 3 N–H and O–H groups in total. The molecule has 0 atom stereocenters. The number of nitrogens with one attached hydrogen (secondary N) is 1. The molecule has 3 rings (SSSR count). The lowest BCUT2D eigenvalue weighted by Crippen LogP contribution is -2.29. The first-order valence-corrected chi connectivity index (χ1v) is 7.69. The predicted octanol–water partition coefficient (Wildman–Crippen LogP) is 2.35. The lowest BCUT2D eigenvalue weighted by atomic mass is 10.0. The van der Waals surface area contributed by atoms with Gasteiger partial charge in [0.2, 0.25) is 0 Å². The van der Waals surface area contributed by atoms with Gasteiger partial charge >= 0.3 is 5.97 Å². The number of aliphatic carboxylic acids is 1. The number of nitrogens with zero attached hydrogens (tertiary/aromatic N) is 1. The second-order valence-electron chi connectivity index (χ2n) is 5.62. The summed E-state index contributed by atoms with van der Waals surface area (Å²) in [6.07, 6.45) is 2.25. The molecule has 1 heterocycles. The van der Waals surface area contributed by atoms with E-state index in [1.165, 1.54) is 11.8 Å². The van der Waals surface area contributed by atoms with Crippen LogP contribution in [0.5, 0.6) is 5.75 Å². The van der Waals surface area contributed by atoms with Crippen molar-refractivity contribution < 1.29 is 19.8 Å². The summed E-state index contributed by atoms with van der Waals surface area (Å²) in [4.78, 5) is 26.4. The van der Waals surface area contributed by atoms with E-state index in [0.717, 1.165) is 12.0 Å². The maximum absolute atomic E-state index is 11.9. The standard InChI is InChI=1S/C19H16N2O4/c22-16(23)11-21-19(25)17-18(24)15-7-6-13(9-14(15)10-20-17)8-12-4-2-1-3-5-12/h1-7,9-10,24H,8,11H2,(H,21,25)(H,22,23). The van der Waals surface area contributed by atoms with Crippen LogP contribution in [-0.2, 0) is 11.2 Å². The van der Waals surface area contributed by atoms with Gasteiger partial charge in [-0.15, -0.1) is 0 Å². The van der Waals surface area contributed by atoms with Gasteiger partial charge in [0.1, 0.15) is 6.54 Å². The molecular formula is C19H16N2O4. The Hall–Kier alpha value is -3.41. The second-order valence-corrected chi connectivity index (χ2v) is 5.62. The van der Waals surface area contributed by atoms with Gasteiger partial charge in [-0.3, -0.25) is 9.59 Å². The van der Waals surface area contributed by atoms with E-state index in [-0.39, 0.29) is 11.4 Å². The molecule has 0 spiro atoms. The molecule has 126 valence electrons. The Balaban J connectivity index is 1.88. The van der Waals surface area contributed by atoms with E-state index in [1.807, 2.05) is 42.5 Å². The highest BCUT2D eigenvalue weighted by atomic mass is 16.4. The van der Waals surface area contributed by atoms with Gasteiger partial charge < -0.3 is 15.5 Å². The summed E-state index contributed by atoms with van der Waals surface area (Å²) >= 11 is 0. The van der Waals surface area contributed by atoms with E-state index in [9.17, 15) is 14.7 Å². The van der Waals surface area contributed by atoms with Crippen molar-refractivity contribution in [2.24, 2.45) is 0 Å². The zero-order valence-electron chi connectivity index (χ0n) is 13.3. The number of carbonyl (C=O) groups is 2. The maximum Gasteiger partial charge on any atom is 0.322 e. The third-order valence-electron chi connectivity index (χ3n) is 3.79. The van der Waals surface area contributed by atoms with Crippen LogP contribution in [0.3, 0.4) is 0 Å². The summed E-state index contributed by atoms with van der Waals surface area (Å²) in [6, 6.07) is 15.5. The minimum Gasteiger partial charge on any atom is -0.505 e. The van der Waals surface area contributed by atoms with Gasteiger partial charge in [0.15, 0.2) is 11.4 Å². The molecule has 2 aromatic carbocycles. The van der Waals surface area contributed by atoms with Gasteiger partial charge in [-0.05, 0) is 23.6 Å². The number of amides is 1. The molecule has 0 saturated carbocycles. The number of rotatable bonds is 5. The number of pyridine rings is 1. The van der Waals surface area contributed by atoms with Crippen LogP contribution in [0.2, 0.25) is 0 Å². The number of hydrogen-bond donors (Lipinski definition) is 3. The number of carboxylic acid groups (broad SMARTS) is 1. The van der Waals surface area contributed by atoms with E-state index in [4.69, 9.17) is 5.11 Å². The van der Waals surface area contributed by atoms with Gasteiger partial charge in [-0.25, -0.2) is 4.98 Å². The van der Waals surface area contributed by atoms with Crippen LogP contribution >= 0.6 is 0 Å². The normalized spacial score (nSPS) is 10.6. The quantitative estimate of drug-likeness (QED) is 0.664. The zero-order chi connectivity index (χ0) is 17.8.